The molecule has 3 fully saturated rings. The predicted octanol–water partition coefficient (Wildman–Crippen LogP) is 3.03. The summed E-state index contributed by atoms with van der Waals surface area (Å²) < 4.78 is 0. The fraction of sp³-hybridized carbons (Fsp3) is 0.318. The molecule has 4 nitrogen and oxygen atoms in total. The molecule has 2 aromatic carbocycles. The van der Waals surface area contributed by atoms with E-state index in [-0.39, 0.29) is 35.5 Å². The normalized spacial score (nSPS) is 36.4. The van der Waals surface area contributed by atoms with Gasteiger partial charge in [-0.2, -0.15) is 0 Å². The van der Waals surface area contributed by atoms with E-state index in [1.807, 2.05) is 30.3 Å². The average Bonchev–Trinajstić information content (AvgIpc) is 3.45. The van der Waals surface area contributed by atoms with Gasteiger partial charge in [-0.05, 0) is 46.9 Å². The number of nitrogens with zero attached hydrogens (tertiary/aromatic N) is 1. The maximum absolute atomic E-state index is 13.2. The Hall–Kier alpha value is -2.75. The van der Waals surface area contributed by atoms with Crippen LogP contribution in [-0.4, -0.2) is 22.6 Å². The van der Waals surface area contributed by atoms with Gasteiger partial charge in [0.05, 0.1) is 11.8 Å². The number of imide groups is 3. The third-order valence-electron chi connectivity index (χ3n) is 6.89. The zero-order chi connectivity index (χ0) is 17.6. The third-order valence-corrected chi connectivity index (χ3v) is 6.89. The van der Waals surface area contributed by atoms with Gasteiger partial charge in [-0.1, -0.05) is 48.6 Å². The summed E-state index contributed by atoms with van der Waals surface area (Å²) in [6.45, 7) is 0. The predicted molar refractivity (Wildman–Crippen MR) is 94.8 cm³/mol. The number of amides is 3. The lowest BCUT2D eigenvalue weighted by atomic mass is 9.63. The number of likely N-dealkylation sites (tertiary alicyclic amines) is 1. The highest BCUT2D eigenvalue weighted by Crippen LogP contribution is 2.65. The summed E-state index contributed by atoms with van der Waals surface area (Å²) in [4.78, 5) is 40.4. The van der Waals surface area contributed by atoms with E-state index in [2.05, 4.69) is 12.2 Å². The van der Waals surface area contributed by atoms with Crippen molar-refractivity contribution in [3.05, 3.63) is 60.2 Å². The van der Waals surface area contributed by atoms with Gasteiger partial charge in [0.25, 0.3) is 5.91 Å². The van der Waals surface area contributed by atoms with E-state index in [0.717, 1.165) is 22.1 Å². The van der Waals surface area contributed by atoms with Crippen LogP contribution >= 0.6 is 0 Å². The molecule has 0 aromatic heterocycles. The fourth-order valence-electron chi connectivity index (χ4n) is 5.69. The van der Waals surface area contributed by atoms with Crippen LogP contribution in [0.4, 0.5) is 0 Å². The SMILES string of the molecule is O=C(c1cccc2ccccc12)N1C(=O)[C@@H]2[C@H]3C=C[C@@H]([C@@H]4C[C@H]34)[C@H]2C1=O. The molecule has 4 heteroatoms. The van der Waals surface area contributed by atoms with Crippen LogP contribution in [0.5, 0.6) is 0 Å². The van der Waals surface area contributed by atoms with Gasteiger partial charge in [0.2, 0.25) is 11.8 Å². The van der Waals surface area contributed by atoms with Crippen LogP contribution in [0.15, 0.2) is 54.6 Å². The molecular weight excluding hydrogens is 326 g/mol. The number of carbonyl (C=O) groups is 3. The molecule has 2 bridgehead atoms. The maximum atomic E-state index is 13.2. The molecule has 1 aliphatic heterocycles. The standard InChI is InChI=1S/C22H17NO3/c24-20(15-7-3-5-11-4-1-2-6-12(11)15)23-21(25)18-13-8-9-14(17-10-16(13)17)19(18)22(23)26/h1-9,13-14,16-19H,10H2/t13-,14-,16-,17+,18+,19+/m0/s1. The third kappa shape index (κ3) is 1.62. The van der Waals surface area contributed by atoms with Crippen molar-refractivity contribution in [1.29, 1.82) is 0 Å². The Balaban J connectivity index is 1.44. The van der Waals surface area contributed by atoms with Gasteiger partial charge >= 0.3 is 0 Å². The monoisotopic (exact) mass is 343 g/mol. The number of benzene rings is 2. The minimum absolute atomic E-state index is 0.136. The molecule has 1 heterocycles. The molecule has 2 aromatic rings. The van der Waals surface area contributed by atoms with Crippen molar-refractivity contribution in [2.45, 2.75) is 6.42 Å². The largest absolute Gasteiger partial charge is 0.274 e. The Labute approximate surface area is 150 Å². The molecule has 2 saturated carbocycles. The number of hydrogen-bond donors (Lipinski definition) is 0. The molecular formula is C22H17NO3. The second kappa shape index (κ2) is 4.70. The van der Waals surface area contributed by atoms with E-state index in [1.165, 1.54) is 0 Å². The quantitative estimate of drug-likeness (QED) is 0.591. The number of carbonyl (C=O) groups excluding carboxylic acids is 3. The van der Waals surface area contributed by atoms with Gasteiger partial charge in [0.15, 0.2) is 0 Å². The molecule has 4 aliphatic carbocycles. The van der Waals surface area contributed by atoms with E-state index in [4.69, 9.17) is 0 Å². The molecule has 3 amide bonds. The van der Waals surface area contributed by atoms with E-state index >= 15 is 0 Å². The molecule has 0 N–H and O–H groups in total. The Bertz CT molecular complexity index is 997. The highest BCUT2D eigenvalue weighted by atomic mass is 16.2. The van der Waals surface area contributed by atoms with Gasteiger partial charge in [-0.25, -0.2) is 4.90 Å². The maximum Gasteiger partial charge on any atom is 0.267 e. The summed E-state index contributed by atoms with van der Waals surface area (Å²) in [5.74, 6) is -0.371. The highest BCUT2D eigenvalue weighted by molar-refractivity contribution is 6.24. The zero-order valence-corrected chi connectivity index (χ0v) is 14.0. The van der Waals surface area contributed by atoms with E-state index in [0.29, 0.717) is 17.4 Å². The molecule has 128 valence electrons. The first-order valence-electron chi connectivity index (χ1n) is 9.25. The highest BCUT2D eigenvalue weighted by Gasteiger charge is 2.67. The second-order valence-corrected chi connectivity index (χ2v) is 8.00. The lowest BCUT2D eigenvalue weighted by molar-refractivity contribution is -0.136. The van der Waals surface area contributed by atoms with Gasteiger partial charge in [0, 0.05) is 5.56 Å². The lowest BCUT2D eigenvalue weighted by Crippen LogP contribution is -2.40. The van der Waals surface area contributed by atoms with Crippen LogP contribution < -0.4 is 0 Å². The van der Waals surface area contributed by atoms with Crippen molar-refractivity contribution in [3.63, 3.8) is 0 Å². The molecule has 26 heavy (non-hydrogen) atoms. The van der Waals surface area contributed by atoms with Gasteiger partial charge in [-0.3, -0.25) is 14.4 Å². The van der Waals surface area contributed by atoms with Crippen molar-refractivity contribution in [2.24, 2.45) is 35.5 Å². The average molecular weight is 343 g/mol. The summed E-state index contributed by atoms with van der Waals surface area (Å²) >= 11 is 0. The number of allylic oxidation sites excluding steroid dienone is 2. The Morgan fingerprint density at radius 2 is 1.46 bits per heavy atom. The minimum Gasteiger partial charge on any atom is -0.274 e. The Morgan fingerprint density at radius 3 is 2.15 bits per heavy atom. The van der Waals surface area contributed by atoms with Crippen LogP contribution in [0, 0.1) is 35.5 Å². The zero-order valence-electron chi connectivity index (χ0n) is 14.0. The molecule has 7 rings (SSSR count). The van der Waals surface area contributed by atoms with Crippen molar-refractivity contribution >= 4 is 28.5 Å². The van der Waals surface area contributed by atoms with Gasteiger partial charge in [-0.15, -0.1) is 0 Å². The van der Waals surface area contributed by atoms with Crippen molar-refractivity contribution in [3.8, 4) is 0 Å². The molecule has 5 aliphatic rings. The second-order valence-electron chi connectivity index (χ2n) is 8.00. The van der Waals surface area contributed by atoms with Crippen molar-refractivity contribution < 1.29 is 14.4 Å². The Morgan fingerprint density at radius 1 is 0.846 bits per heavy atom. The summed E-state index contributed by atoms with van der Waals surface area (Å²) in [7, 11) is 0. The summed E-state index contributed by atoms with van der Waals surface area (Å²) in [5, 5.41) is 1.71. The first kappa shape index (κ1) is 14.4. The van der Waals surface area contributed by atoms with Crippen LogP contribution in [0.2, 0.25) is 0 Å². The molecule has 1 saturated heterocycles. The van der Waals surface area contributed by atoms with Crippen LogP contribution in [0.1, 0.15) is 16.8 Å². The minimum atomic E-state index is -0.473. The van der Waals surface area contributed by atoms with E-state index < -0.39 is 5.91 Å². The van der Waals surface area contributed by atoms with Crippen LogP contribution in [0.3, 0.4) is 0 Å². The summed E-state index contributed by atoms with van der Waals surface area (Å²) in [6.07, 6.45) is 5.36. The van der Waals surface area contributed by atoms with Crippen LogP contribution in [-0.2, 0) is 9.59 Å². The molecule has 0 unspecified atom stereocenters. The smallest absolute Gasteiger partial charge is 0.267 e. The number of hydrogen-bond acceptors (Lipinski definition) is 3. The van der Waals surface area contributed by atoms with Gasteiger partial charge in [0.1, 0.15) is 0 Å². The summed E-state index contributed by atoms with van der Waals surface area (Å²) in [6, 6.07) is 13.0. The molecule has 0 spiro atoms. The van der Waals surface area contributed by atoms with E-state index in [1.54, 1.807) is 12.1 Å². The van der Waals surface area contributed by atoms with E-state index in [9.17, 15) is 14.4 Å². The molecule has 6 atom stereocenters. The van der Waals surface area contributed by atoms with Gasteiger partial charge < -0.3 is 0 Å². The first-order chi connectivity index (χ1) is 12.7. The van der Waals surface area contributed by atoms with Crippen molar-refractivity contribution in [2.75, 3.05) is 0 Å². The van der Waals surface area contributed by atoms with Crippen molar-refractivity contribution in [1.82, 2.24) is 4.90 Å². The number of fused-ring (bicyclic) bond motifs is 1. The lowest BCUT2D eigenvalue weighted by Gasteiger charge is -2.37. The Kier molecular flexibility index (Phi) is 2.61. The van der Waals surface area contributed by atoms with Crippen LogP contribution in [0.25, 0.3) is 10.8 Å². The molecule has 0 radical (unpaired) electrons. The fourth-order valence-corrected chi connectivity index (χ4v) is 5.69. The topological polar surface area (TPSA) is 54.5 Å². The first-order valence-corrected chi connectivity index (χ1v) is 9.25. The number of rotatable bonds is 1. The summed E-state index contributed by atoms with van der Waals surface area (Å²) in [5.41, 5.74) is 0.425.